The average Bonchev–Trinajstić information content (AvgIpc) is 1.99. The Morgan fingerprint density at radius 3 is 2.17 bits per heavy atom. The number of likely N-dealkylation sites (tertiary alicyclic amines) is 1. The number of nitrogens with zero attached hydrogens (tertiary/aromatic N) is 1. The van der Waals surface area contributed by atoms with Crippen LogP contribution in [0.3, 0.4) is 0 Å². The molecule has 0 aromatic rings. The fourth-order valence-corrected chi connectivity index (χ4v) is 2.32. The van der Waals surface area contributed by atoms with Crippen molar-refractivity contribution in [3.63, 3.8) is 0 Å². The minimum atomic E-state index is -0.321. The Balaban J connectivity index is 1.81. The van der Waals surface area contributed by atoms with E-state index in [4.69, 9.17) is 0 Å². The van der Waals surface area contributed by atoms with Gasteiger partial charge in [-0.3, -0.25) is 0 Å². The number of hydrogen-bond acceptors (Lipinski definition) is 2. The molecule has 2 rings (SSSR count). The molecule has 0 atom stereocenters. The molecular weight excluding hydrogens is 150 g/mol. The molecule has 1 aliphatic carbocycles. The van der Waals surface area contributed by atoms with Crippen molar-refractivity contribution in [1.29, 1.82) is 0 Å². The largest absolute Gasteiger partial charge is 0.389 e. The van der Waals surface area contributed by atoms with Crippen LogP contribution in [0.4, 0.5) is 0 Å². The molecule has 1 N–H and O–H groups in total. The molecule has 1 saturated heterocycles. The fraction of sp³-hybridized carbons (Fsp3) is 1.00. The van der Waals surface area contributed by atoms with E-state index in [9.17, 15) is 5.11 Å². The molecule has 2 heteroatoms. The molecule has 0 amide bonds. The highest BCUT2D eigenvalue weighted by molar-refractivity contribution is 4.87. The maximum atomic E-state index is 10.2. The summed E-state index contributed by atoms with van der Waals surface area (Å²) in [4.78, 5) is 2.38. The van der Waals surface area contributed by atoms with E-state index < -0.39 is 0 Å². The molecular formula is C10H19NO. The average molecular weight is 169 g/mol. The molecule has 12 heavy (non-hydrogen) atoms. The van der Waals surface area contributed by atoms with Gasteiger partial charge in [0.2, 0.25) is 0 Å². The maximum Gasteiger partial charge on any atom is 0.0774 e. The van der Waals surface area contributed by atoms with Crippen LogP contribution in [0.2, 0.25) is 0 Å². The van der Waals surface area contributed by atoms with Gasteiger partial charge in [-0.25, -0.2) is 0 Å². The van der Waals surface area contributed by atoms with E-state index in [1.807, 2.05) is 0 Å². The van der Waals surface area contributed by atoms with Crippen LogP contribution in [0.5, 0.6) is 0 Å². The van der Waals surface area contributed by atoms with Gasteiger partial charge < -0.3 is 10.0 Å². The predicted molar refractivity (Wildman–Crippen MR) is 49.1 cm³/mol. The summed E-state index contributed by atoms with van der Waals surface area (Å²) < 4.78 is 0. The highest BCUT2D eigenvalue weighted by Gasteiger charge is 2.32. The van der Waals surface area contributed by atoms with Gasteiger partial charge in [-0.1, -0.05) is 19.3 Å². The zero-order valence-electron chi connectivity index (χ0n) is 7.76. The van der Waals surface area contributed by atoms with Crippen LogP contribution < -0.4 is 0 Å². The Kier molecular flexibility index (Phi) is 2.37. The van der Waals surface area contributed by atoms with Crippen molar-refractivity contribution in [3.05, 3.63) is 0 Å². The summed E-state index contributed by atoms with van der Waals surface area (Å²) in [5.74, 6) is 0. The molecule has 2 fully saturated rings. The van der Waals surface area contributed by atoms with E-state index in [2.05, 4.69) is 4.90 Å². The molecule has 70 valence electrons. The minimum absolute atomic E-state index is 0.321. The van der Waals surface area contributed by atoms with Gasteiger partial charge >= 0.3 is 0 Å². The second kappa shape index (κ2) is 3.35. The van der Waals surface area contributed by atoms with Crippen molar-refractivity contribution in [2.24, 2.45) is 0 Å². The highest BCUT2D eigenvalue weighted by atomic mass is 16.3. The molecule has 1 saturated carbocycles. The smallest absolute Gasteiger partial charge is 0.0774 e. The number of aliphatic hydroxyl groups is 1. The quantitative estimate of drug-likeness (QED) is 0.675. The van der Waals surface area contributed by atoms with Crippen molar-refractivity contribution in [3.8, 4) is 0 Å². The molecule has 0 aromatic carbocycles. The van der Waals surface area contributed by atoms with E-state index in [0.29, 0.717) is 0 Å². The van der Waals surface area contributed by atoms with Crippen LogP contribution in [0.25, 0.3) is 0 Å². The number of β-amino-alcohol motifs (C(OH)–C–C–N with tert-alkyl or cyclic N) is 1. The number of hydrogen-bond donors (Lipinski definition) is 1. The summed E-state index contributed by atoms with van der Waals surface area (Å²) in [6.07, 6.45) is 7.17. The minimum Gasteiger partial charge on any atom is -0.389 e. The summed E-state index contributed by atoms with van der Waals surface area (Å²) in [5, 5.41) is 10.2. The first-order valence-corrected chi connectivity index (χ1v) is 5.23. The lowest BCUT2D eigenvalue weighted by molar-refractivity contribution is -0.0393. The van der Waals surface area contributed by atoms with Crippen molar-refractivity contribution in [1.82, 2.24) is 4.90 Å². The lowest BCUT2D eigenvalue weighted by atomic mass is 9.84. The molecule has 0 spiro atoms. The SMILES string of the molecule is OC1(CN2CCC2)CCCCC1. The van der Waals surface area contributed by atoms with E-state index in [1.165, 1.54) is 38.8 Å². The molecule has 0 unspecified atom stereocenters. The molecule has 0 bridgehead atoms. The summed E-state index contributed by atoms with van der Waals surface area (Å²) >= 11 is 0. The first-order valence-electron chi connectivity index (χ1n) is 5.23. The lowest BCUT2D eigenvalue weighted by Gasteiger charge is -2.40. The molecule has 0 aromatic heterocycles. The van der Waals surface area contributed by atoms with E-state index in [-0.39, 0.29) is 5.60 Å². The van der Waals surface area contributed by atoms with Crippen LogP contribution in [0.15, 0.2) is 0 Å². The van der Waals surface area contributed by atoms with Gasteiger partial charge in [0.15, 0.2) is 0 Å². The van der Waals surface area contributed by atoms with Crippen LogP contribution in [0, 0.1) is 0 Å². The second-order valence-electron chi connectivity index (χ2n) is 4.41. The van der Waals surface area contributed by atoms with Gasteiger partial charge in [0.05, 0.1) is 5.60 Å². The Bertz CT molecular complexity index is 148. The third kappa shape index (κ3) is 1.80. The van der Waals surface area contributed by atoms with Crippen molar-refractivity contribution in [2.75, 3.05) is 19.6 Å². The molecule has 2 aliphatic rings. The summed E-state index contributed by atoms with van der Waals surface area (Å²) in [5.41, 5.74) is -0.321. The van der Waals surface area contributed by atoms with Crippen molar-refractivity contribution in [2.45, 2.75) is 44.1 Å². The van der Waals surface area contributed by atoms with Gasteiger partial charge in [0.1, 0.15) is 0 Å². The van der Waals surface area contributed by atoms with E-state index in [0.717, 1.165) is 19.4 Å². The summed E-state index contributed by atoms with van der Waals surface area (Å²) in [7, 11) is 0. The Morgan fingerprint density at radius 2 is 1.67 bits per heavy atom. The Morgan fingerprint density at radius 1 is 1.00 bits per heavy atom. The lowest BCUT2D eigenvalue weighted by Crippen LogP contribution is -2.49. The number of rotatable bonds is 2. The van der Waals surface area contributed by atoms with Crippen molar-refractivity contribution < 1.29 is 5.11 Å². The first kappa shape index (κ1) is 8.52. The zero-order valence-corrected chi connectivity index (χ0v) is 7.76. The van der Waals surface area contributed by atoms with Crippen LogP contribution in [-0.4, -0.2) is 35.2 Å². The van der Waals surface area contributed by atoms with Crippen LogP contribution in [0.1, 0.15) is 38.5 Å². The highest BCUT2D eigenvalue weighted by Crippen LogP contribution is 2.29. The van der Waals surface area contributed by atoms with E-state index in [1.54, 1.807) is 0 Å². The molecule has 2 nitrogen and oxygen atoms in total. The predicted octanol–water partition coefficient (Wildman–Crippen LogP) is 1.39. The standard InChI is InChI=1S/C10H19NO/c12-10(5-2-1-3-6-10)9-11-7-4-8-11/h12H,1-9H2. The van der Waals surface area contributed by atoms with Gasteiger partial charge in [-0.2, -0.15) is 0 Å². The van der Waals surface area contributed by atoms with Crippen molar-refractivity contribution >= 4 is 0 Å². The third-order valence-electron chi connectivity index (χ3n) is 3.25. The fourth-order valence-electron chi connectivity index (χ4n) is 2.32. The van der Waals surface area contributed by atoms with Gasteiger partial charge in [-0.05, 0) is 32.4 Å². The second-order valence-corrected chi connectivity index (χ2v) is 4.41. The molecule has 1 aliphatic heterocycles. The monoisotopic (exact) mass is 169 g/mol. The third-order valence-corrected chi connectivity index (χ3v) is 3.25. The maximum absolute atomic E-state index is 10.2. The summed E-state index contributed by atoms with van der Waals surface area (Å²) in [6, 6.07) is 0. The Labute approximate surface area is 74.6 Å². The van der Waals surface area contributed by atoms with Crippen LogP contribution >= 0.6 is 0 Å². The molecule has 0 radical (unpaired) electrons. The zero-order chi connectivity index (χ0) is 8.44. The van der Waals surface area contributed by atoms with Crippen LogP contribution in [-0.2, 0) is 0 Å². The molecule has 1 heterocycles. The first-order chi connectivity index (χ1) is 5.79. The van der Waals surface area contributed by atoms with Gasteiger partial charge in [0, 0.05) is 6.54 Å². The van der Waals surface area contributed by atoms with Gasteiger partial charge in [-0.15, -0.1) is 0 Å². The Hall–Kier alpha value is -0.0800. The normalized spacial score (nSPS) is 29.8. The van der Waals surface area contributed by atoms with E-state index >= 15 is 0 Å². The topological polar surface area (TPSA) is 23.5 Å². The van der Waals surface area contributed by atoms with Gasteiger partial charge in [0.25, 0.3) is 0 Å². The summed E-state index contributed by atoms with van der Waals surface area (Å²) in [6.45, 7) is 3.36.